The minimum Gasteiger partial charge on any atom is -0.337 e. The van der Waals surface area contributed by atoms with Crippen molar-refractivity contribution in [3.05, 3.63) is 35.9 Å². The van der Waals surface area contributed by atoms with Gasteiger partial charge in [0.1, 0.15) is 0 Å². The molecule has 0 heterocycles. The fourth-order valence-corrected chi connectivity index (χ4v) is 3.35. The van der Waals surface area contributed by atoms with Gasteiger partial charge in [0.2, 0.25) is 5.91 Å². The number of halogens is 1. The first-order valence-corrected chi connectivity index (χ1v) is 8.23. The van der Waals surface area contributed by atoms with Crippen molar-refractivity contribution in [2.24, 2.45) is 11.8 Å². The second-order valence-corrected chi connectivity index (χ2v) is 6.24. The lowest BCUT2D eigenvalue weighted by molar-refractivity contribution is -0.136. The van der Waals surface area contributed by atoms with Crippen LogP contribution in [-0.2, 0) is 11.3 Å². The molecule has 2 unspecified atom stereocenters. The first-order chi connectivity index (χ1) is 9.22. The van der Waals surface area contributed by atoms with Gasteiger partial charge in [-0.15, -0.1) is 0 Å². The zero-order chi connectivity index (χ0) is 13.7. The average molecular weight is 324 g/mol. The Morgan fingerprint density at radius 1 is 1.32 bits per heavy atom. The van der Waals surface area contributed by atoms with Crippen LogP contribution in [-0.4, -0.2) is 22.7 Å². The van der Waals surface area contributed by atoms with E-state index < -0.39 is 0 Å². The summed E-state index contributed by atoms with van der Waals surface area (Å²) < 4.78 is 0. The first-order valence-electron chi connectivity index (χ1n) is 7.11. The van der Waals surface area contributed by atoms with E-state index in [4.69, 9.17) is 0 Å². The van der Waals surface area contributed by atoms with Crippen LogP contribution in [0.2, 0.25) is 0 Å². The molecule has 1 aliphatic rings. The van der Waals surface area contributed by atoms with E-state index >= 15 is 0 Å². The number of carbonyl (C=O) groups excluding carboxylic acids is 1. The monoisotopic (exact) mass is 323 g/mol. The molecule has 0 saturated heterocycles. The van der Waals surface area contributed by atoms with Crippen LogP contribution in [0.5, 0.6) is 0 Å². The van der Waals surface area contributed by atoms with Gasteiger partial charge in [0.15, 0.2) is 0 Å². The van der Waals surface area contributed by atoms with Crippen LogP contribution >= 0.6 is 15.9 Å². The van der Waals surface area contributed by atoms with Crippen molar-refractivity contribution in [3.63, 3.8) is 0 Å². The van der Waals surface area contributed by atoms with Crippen molar-refractivity contribution in [1.82, 2.24) is 4.90 Å². The topological polar surface area (TPSA) is 20.3 Å². The minimum absolute atomic E-state index is 0.239. The van der Waals surface area contributed by atoms with E-state index in [9.17, 15) is 4.79 Å². The smallest absolute Gasteiger partial charge is 0.226 e. The van der Waals surface area contributed by atoms with E-state index in [1.807, 2.05) is 23.1 Å². The van der Waals surface area contributed by atoms with Gasteiger partial charge >= 0.3 is 0 Å². The number of amides is 1. The van der Waals surface area contributed by atoms with E-state index in [2.05, 4.69) is 35.0 Å². The lowest BCUT2D eigenvalue weighted by Gasteiger charge is -2.27. The van der Waals surface area contributed by atoms with Gasteiger partial charge in [0.25, 0.3) is 0 Å². The van der Waals surface area contributed by atoms with Crippen molar-refractivity contribution in [2.45, 2.75) is 32.7 Å². The molecule has 1 aromatic rings. The third kappa shape index (κ3) is 3.82. The van der Waals surface area contributed by atoms with Crippen LogP contribution in [0.25, 0.3) is 0 Å². The first kappa shape index (κ1) is 14.6. The van der Waals surface area contributed by atoms with Gasteiger partial charge in [-0.3, -0.25) is 4.79 Å². The van der Waals surface area contributed by atoms with E-state index in [-0.39, 0.29) is 5.92 Å². The largest absolute Gasteiger partial charge is 0.337 e. The van der Waals surface area contributed by atoms with E-state index in [0.717, 1.165) is 24.8 Å². The summed E-state index contributed by atoms with van der Waals surface area (Å²) in [7, 11) is 0. The summed E-state index contributed by atoms with van der Waals surface area (Å²) >= 11 is 3.46. The molecule has 2 atom stereocenters. The van der Waals surface area contributed by atoms with Crippen LogP contribution in [0, 0.1) is 11.8 Å². The Labute approximate surface area is 124 Å². The molecule has 0 aromatic heterocycles. The highest BCUT2D eigenvalue weighted by Crippen LogP contribution is 2.32. The molecule has 0 aliphatic heterocycles. The maximum absolute atomic E-state index is 12.7. The number of nitrogens with zero attached hydrogens (tertiary/aromatic N) is 1. The van der Waals surface area contributed by atoms with Crippen molar-refractivity contribution >= 4 is 21.8 Å². The fraction of sp³-hybridized carbons (Fsp3) is 0.562. The Balaban J connectivity index is 2.04. The van der Waals surface area contributed by atoms with Crippen molar-refractivity contribution in [3.8, 4) is 0 Å². The van der Waals surface area contributed by atoms with E-state index in [0.29, 0.717) is 11.8 Å². The van der Waals surface area contributed by atoms with Crippen LogP contribution in [0.15, 0.2) is 30.3 Å². The molecular formula is C16H22BrNO. The van der Waals surface area contributed by atoms with Gasteiger partial charge in [-0.25, -0.2) is 0 Å². The Bertz CT molecular complexity index is 406. The lowest BCUT2D eigenvalue weighted by Crippen LogP contribution is -2.37. The molecule has 1 aliphatic carbocycles. The van der Waals surface area contributed by atoms with Crippen LogP contribution < -0.4 is 0 Å². The summed E-state index contributed by atoms with van der Waals surface area (Å²) in [6.45, 7) is 3.73. The third-order valence-corrected chi connectivity index (χ3v) is 4.42. The summed E-state index contributed by atoms with van der Waals surface area (Å²) in [6, 6.07) is 10.3. The zero-order valence-electron chi connectivity index (χ0n) is 11.5. The summed E-state index contributed by atoms with van der Waals surface area (Å²) in [4.78, 5) is 14.7. The van der Waals surface area contributed by atoms with Gasteiger partial charge in [-0.05, 0) is 24.3 Å². The Kier molecular flexibility index (Phi) is 5.44. The molecule has 3 heteroatoms. The van der Waals surface area contributed by atoms with Gasteiger partial charge in [-0.2, -0.15) is 0 Å². The summed E-state index contributed by atoms with van der Waals surface area (Å²) in [5, 5.41) is 0.840. The number of alkyl halides is 1. The van der Waals surface area contributed by atoms with Gasteiger partial charge in [-0.1, -0.05) is 59.6 Å². The normalized spacial score (nSPS) is 22.4. The van der Waals surface area contributed by atoms with Gasteiger partial charge in [0.05, 0.1) is 0 Å². The number of rotatable bonds is 5. The number of hydrogen-bond donors (Lipinski definition) is 0. The highest BCUT2D eigenvalue weighted by atomic mass is 79.9. The van der Waals surface area contributed by atoms with Gasteiger partial charge in [0, 0.05) is 24.3 Å². The molecule has 0 radical (unpaired) electrons. The molecule has 2 rings (SSSR count). The van der Waals surface area contributed by atoms with Crippen molar-refractivity contribution < 1.29 is 4.79 Å². The highest BCUT2D eigenvalue weighted by molar-refractivity contribution is 9.09. The second kappa shape index (κ2) is 7.09. The van der Waals surface area contributed by atoms with Gasteiger partial charge < -0.3 is 4.90 Å². The Morgan fingerprint density at radius 2 is 2.05 bits per heavy atom. The molecule has 104 valence electrons. The molecule has 0 bridgehead atoms. The highest BCUT2D eigenvalue weighted by Gasteiger charge is 2.32. The van der Waals surface area contributed by atoms with Crippen molar-refractivity contribution in [2.75, 3.05) is 11.9 Å². The minimum atomic E-state index is 0.239. The third-order valence-electron chi connectivity index (χ3n) is 4.06. The number of hydrogen-bond acceptors (Lipinski definition) is 1. The quantitative estimate of drug-likeness (QED) is 0.754. The number of benzene rings is 1. The molecule has 1 amide bonds. The maximum Gasteiger partial charge on any atom is 0.226 e. The molecule has 1 aromatic carbocycles. The summed E-state index contributed by atoms with van der Waals surface area (Å²) in [5.41, 5.74) is 1.21. The second-order valence-electron chi connectivity index (χ2n) is 5.45. The predicted molar refractivity (Wildman–Crippen MR) is 82.2 cm³/mol. The standard InChI is InChI=1S/C16H22BrNO/c1-13-6-5-9-15(13)16(19)18(11-10-17)12-14-7-3-2-4-8-14/h2-4,7-8,13,15H,5-6,9-12H2,1H3. The lowest BCUT2D eigenvalue weighted by atomic mass is 9.96. The molecule has 1 fully saturated rings. The van der Waals surface area contributed by atoms with E-state index in [1.165, 1.54) is 18.4 Å². The fourth-order valence-electron chi connectivity index (χ4n) is 2.92. The Hall–Kier alpha value is -0.830. The molecule has 19 heavy (non-hydrogen) atoms. The molecule has 0 spiro atoms. The van der Waals surface area contributed by atoms with E-state index in [1.54, 1.807) is 0 Å². The van der Waals surface area contributed by atoms with Crippen LogP contribution in [0.4, 0.5) is 0 Å². The summed E-state index contributed by atoms with van der Waals surface area (Å²) in [6.07, 6.45) is 3.46. The predicted octanol–water partition coefficient (Wildman–Crippen LogP) is 3.85. The zero-order valence-corrected chi connectivity index (χ0v) is 13.1. The molecule has 0 N–H and O–H groups in total. The van der Waals surface area contributed by atoms with Crippen molar-refractivity contribution in [1.29, 1.82) is 0 Å². The molecular weight excluding hydrogens is 302 g/mol. The summed E-state index contributed by atoms with van der Waals surface area (Å²) in [5.74, 6) is 1.12. The SMILES string of the molecule is CC1CCCC1C(=O)N(CCBr)Cc1ccccc1. The number of carbonyl (C=O) groups is 1. The average Bonchev–Trinajstić information content (AvgIpc) is 2.85. The molecule has 2 nitrogen and oxygen atoms in total. The molecule has 1 saturated carbocycles. The Morgan fingerprint density at radius 3 is 2.63 bits per heavy atom. The van der Waals surface area contributed by atoms with Crippen LogP contribution in [0.1, 0.15) is 31.7 Å². The maximum atomic E-state index is 12.7. The van der Waals surface area contributed by atoms with Crippen LogP contribution in [0.3, 0.4) is 0 Å².